The maximum absolute atomic E-state index is 12.8. The molecule has 0 aliphatic rings. The molecule has 0 saturated heterocycles. The van der Waals surface area contributed by atoms with Crippen molar-refractivity contribution in [1.82, 2.24) is 15.5 Å². The zero-order valence-electron chi connectivity index (χ0n) is 15.6. The molecule has 2 aromatic carbocycles. The number of carbonyl (C=O) groups excluding carboxylic acids is 1. The summed E-state index contributed by atoms with van der Waals surface area (Å²) in [7, 11) is 1.57. The lowest BCUT2D eigenvalue weighted by Crippen LogP contribution is -2.23. The van der Waals surface area contributed by atoms with Gasteiger partial charge in [0.25, 0.3) is 5.91 Å². The number of hydrogen-bond acceptors (Lipinski definition) is 5. The van der Waals surface area contributed by atoms with E-state index in [4.69, 9.17) is 9.15 Å². The minimum atomic E-state index is -0.233. The van der Waals surface area contributed by atoms with Crippen molar-refractivity contribution in [2.45, 2.75) is 6.54 Å². The number of rotatable bonds is 5. The molecule has 2 N–H and O–H groups in total. The van der Waals surface area contributed by atoms with E-state index in [-0.39, 0.29) is 5.91 Å². The maximum Gasteiger partial charge on any atom is 0.255 e. The molecule has 0 atom stereocenters. The Kier molecular flexibility index (Phi) is 4.29. The number of amides is 1. The lowest BCUT2D eigenvalue weighted by molar-refractivity contribution is 0.0945. The number of nitrogens with zero attached hydrogens (tertiary/aromatic N) is 1. The van der Waals surface area contributed by atoms with E-state index in [2.05, 4.69) is 33.7 Å². The van der Waals surface area contributed by atoms with Gasteiger partial charge < -0.3 is 14.5 Å². The second-order valence-electron chi connectivity index (χ2n) is 6.55. The number of hydrogen-bond donors (Lipinski definition) is 2. The number of ether oxygens (including phenoxy) is 1. The summed E-state index contributed by atoms with van der Waals surface area (Å²) in [6.07, 6.45) is 1.58. The van der Waals surface area contributed by atoms with Crippen LogP contribution < -0.4 is 10.1 Å². The number of carbonyl (C=O) groups is 1. The van der Waals surface area contributed by atoms with E-state index in [9.17, 15) is 4.79 Å². The fourth-order valence-corrected chi connectivity index (χ4v) is 4.49. The minimum Gasteiger partial charge on any atom is -0.495 e. The number of furan rings is 1. The molecule has 3 heterocycles. The number of H-pyrrole nitrogens is 1. The summed E-state index contributed by atoms with van der Waals surface area (Å²) in [6.45, 7) is 0.307. The van der Waals surface area contributed by atoms with Crippen LogP contribution in [-0.4, -0.2) is 23.2 Å². The van der Waals surface area contributed by atoms with Crippen LogP contribution in [0.4, 0.5) is 0 Å². The molecule has 0 saturated carbocycles. The van der Waals surface area contributed by atoms with Crippen LogP contribution in [0.15, 0.2) is 65.3 Å². The van der Waals surface area contributed by atoms with Gasteiger partial charge in [-0.1, -0.05) is 18.2 Å². The fraction of sp³-hybridized carbons (Fsp3) is 0.0909. The van der Waals surface area contributed by atoms with Crippen molar-refractivity contribution in [2.75, 3.05) is 7.11 Å². The second kappa shape index (κ2) is 7.10. The Balaban J connectivity index is 1.58. The minimum absolute atomic E-state index is 0.233. The third-order valence-corrected chi connectivity index (χ3v) is 5.92. The Morgan fingerprint density at radius 3 is 2.90 bits per heavy atom. The quantitative estimate of drug-likeness (QED) is 0.434. The Bertz CT molecular complexity index is 1290. The van der Waals surface area contributed by atoms with Gasteiger partial charge in [-0.05, 0) is 41.8 Å². The Morgan fingerprint density at radius 1 is 1.21 bits per heavy atom. The highest BCUT2D eigenvalue weighted by molar-refractivity contribution is 7.22. The van der Waals surface area contributed by atoms with Gasteiger partial charge in [0, 0.05) is 4.70 Å². The van der Waals surface area contributed by atoms with E-state index in [1.54, 1.807) is 36.8 Å². The van der Waals surface area contributed by atoms with Gasteiger partial charge in [0.15, 0.2) is 0 Å². The van der Waals surface area contributed by atoms with Crippen LogP contribution in [-0.2, 0) is 6.54 Å². The zero-order valence-corrected chi connectivity index (χ0v) is 16.4. The van der Waals surface area contributed by atoms with Crippen LogP contribution in [0.3, 0.4) is 0 Å². The van der Waals surface area contributed by atoms with Crippen molar-refractivity contribution in [2.24, 2.45) is 0 Å². The van der Waals surface area contributed by atoms with Crippen LogP contribution in [0, 0.1) is 0 Å². The fourth-order valence-electron chi connectivity index (χ4n) is 3.43. The lowest BCUT2D eigenvalue weighted by Gasteiger charge is -2.10. The number of methoxy groups -OCH3 is 1. The monoisotopic (exact) mass is 403 g/mol. The number of aromatic amines is 1. The van der Waals surface area contributed by atoms with Crippen molar-refractivity contribution in [3.63, 3.8) is 0 Å². The molecule has 29 heavy (non-hydrogen) atoms. The van der Waals surface area contributed by atoms with Gasteiger partial charge in [0.2, 0.25) is 0 Å². The molecule has 5 aromatic rings. The summed E-state index contributed by atoms with van der Waals surface area (Å²) in [6, 6.07) is 17.5. The van der Waals surface area contributed by atoms with Gasteiger partial charge in [-0.2, -0.15) is 5.10 Å². The smallest absolute Gasteiger partial charge is 0.255 e. The van der Waals surface area contributed by atoms with Crippen molar-refractivity contribution < 1.29 is 13.9 Å². The molecule has 0 unspecified atom stereocenters. The van der Waals surface area contributed by atoms with Crippen molar-refractivity contribution in [1.29, 1.82) is 0 Å². The van der Waals surface area contributed by atoms with Crippen molar-refractivity contribution >= 4 is 38.2 Å². The van der Waals surface area contributed by atoms with E-state index in [0.717, 1.165) is 26.9 Å². The Hall–Kier alpha value is -3.58. The van der Waals surface area contributed by atoms with E-state index < -0.39 is 0 Å². The van der Waals surface area contributed by atoms with Gasteiger partial charge in [-0.15, -0.1) is 11.3 Å². The largest absolute Gasteiger partial charge is 0.495 e. The lowest BCUT2D eigenvalue weighted by atomic mass is 10.1. The number of thiophene rings is 1. The first-order chi connectivity index (χ1) is 14.2. The van der Waals surface area contributed by atoms with Gasteiger partial charge in [0.1, 0.15) is 17.2 Å². The highest BCUT2D eigenvalue weighted by Crippen LogP contribution is 2.40. The Morgan fingerprint density at radius 2 is 2.10 bits per heavy atom. The van der Waals surface area contributed by atoms with Crippen LogP contribution in [0.5, 0.6) is 5.75 Å². The van der Waals surface area contributed by atoms with Gasteiger partial charge in [0.05, 0.1) is 41.3 Å². The molecular weight excluding hydrogens is 386 g/mol. The zero-order chi connectivity index (χ0) is 19.8. The molecule has 7 heteroatoms. The highest BCUT2D eigenvalue weighted by atomic mass is 32.1. The van der Waals surface area contributed by atoms with Crippen molar-refractivity contribution in [3.05, 3.63) is 72.2 Å². The molecular formula is C22H17N3O3S. The average molecular weight is 403 g/mol. The molecule has 0 aliphatic carbocycles. The molecule has 0 radical (unpaired) electrons. The summed E-state index contributed by atoms with van der Waals surface area (Å²) < 4.78 is 12.1. The molecule has 0 aliphatic heterocycles. The van der Waals surface area contributed by atoms with Crippen LogP contribution in [0.25, 0.3) is 31.6 Å². The van der Waals surface area contributed by atoms with E-state index in [1.165, 1.54) is 4.70 Å². The number of fused-ring (bicyclic) bond motifs is 2. The number of benzene rings is 2. The molecule has 3 aromatic heterocycles. The topological polar surface area (TPSA) is 80.1 Å². The third-order valence-electron chi connectivity index (χ3n) is 4.79. The standard InChI is InChI=1S/C22H17N3O3S/c1-27-21-15(22(26)23-12-14-6-4-10-28-14)8-9-16-19(21)20(25-24-16)18-11-13-5-2-3-7-17(13)29-18/h2-11H,12H2,1H3,(H,23,26)(H,24,25). The summed E-state index contributed by atoms with van der Waals surface area (Å²) in [4.78, 5) is 13.8. The normalized spacial score (nSPS) is 11.2. The third kappa shape index (κ3) is 3.05. The summed E-state index contributed by atoms with van der Waals surface area (Å²) in [5.41, 5.74) is 2.05. The molecule has 5 rings (SSSR count). The van der Waals surface area contributed by atoms with Crippen molar-refractivity contribution in [3.8, 4) is 16.3 Å². The first-order valence-electron chi connectivity index (χ1n) is 9.09. The molecule has 0 bridgehead atoms. The summed E-state index contributed by atoms with van der Waals surface area (Å²) in [5.74, 6) is 0.956. The first kappa shape index (κ1) is 17.5. The Labute approximate surface area is 170 Å². The van der Waals surface area contributed by atoms with Crippen LogP contribution in [0.2, 0.25) is 0 Å². The average Bonchev–Trinajstić information content (AvgIpc) is 3.49. The second-order valence-corrected chi connectivity index (χ2v) is 7.64. The molecule has 1 amide bonds. The highest BCUT2D eigenvalue weighted by Gasteiger charge is 2.21. The van der Waals surface area contributed by atoms with E-state index >= 15 is 0 Å². The molecule has 0 fully saturated rings. The summed E-state index contributed by atoms with van der Waals surface area (Å²) >= 11 is 1.66. The van der Waals surface area contributed by atoms with Gasteiger partial charge in [-0.3, -0.25) is 9.89 Å². The predicted octanol–water partition coefficient (Wildman–Crippen LogP) is 4.98. The van der Waals surface area contributed by atoms with Gasteiger partial charge >= 0.3 is 0 Å². The molecule has 6 nitrogen and oxygen atoms in total. The van der Waals surface area contributed by atoms with Crippen LogP contribution in [0.1, 0.15) is 16.1 Å². The molecule has 144 valence electrons. The number of aromatic nitrogens is 2. The van der Waals surface area contributed by atoms with Gasteiger partial charge in [-0.25, -0.2) is 0 Å². The van der Waals surface area contributed by atoms with E-state index in [0.29, 0.717) is 23.6 Å². The number of nitrogens with one attached hydrogen (secondary N) is 2. The van der Waals surface area contributed by atoms with E-state index in [1.807, 2.05) is 24.3 Å². The maximum atomic E-state index is 12.8. The SMILES string of the molecule is COc1c(C(=O)NCc2ccco2)ccc2[nH]nc(-c3cc4ccccc4s3)c12. The van der Waals surface area contributed by atoms with Crippen LogP contribution >= 0.6 is 11.3 Å². The summed E-state index contributed by atoms with van der Waals surface area (Å²) in [5, 5.41) is 12.4. The first-order valence-corrected chi connectivity index (χ1v) is 9.91. The predicted molar refractivity (Wildman–Crippen MR) is 113 cm³/mol. The molecule has 0 spiro atoms.